The van der Waals surface area contributed by atoms with Crippen molar-refractivity contribution in [3.63, 3.8) is 0 Å². The Morgan fingerprint density at radius 2 is 2.04 bits per heavy atom. The van der Waals surface area contributed by atoms with Gasteiger partial charge in [-0.05, 0) is 23.1 Å². The Morgan fingerprint density at radius 1 is 1.26 bits per heavy atom. The summed E-state index contributed by atoms with van der Waals surface area (Å²) >= 11 is 0. The van der Waals surface area contributed by atoms with Gasteiger partial charge in [0.05, 0.1) is 20.3 Å². The molecule has 0 radical (unpaired) electrons. The molecule has 0 saturated heterocycles. The molecule has 0 aliphatic carbocycles. The lowest BCUT2D eigenvalue weighted by atomic mass is 9.48. The number of ether oxygens (including phenoxy) is 2. The number of carbonyl (C=O) groups excluding carboxylic acids is 1. The monoisotopic (exact) mass is 365 g/mol. The summed E-state index contributed by atoms with van der Waals surface area (Å²) in [6, 6.07) is 6.65. The molecule has 0 unspecified atom stereocenters. The van der Waals surface area contributed by atoms with Gasteiger partial charge in [0.15, 0.2) is 0 Å². The number of hydrogen-bond acceptors (Lipinski definition) is 5. The van der Waals surface area contributed by atoms with Crippen molar-refractivity contribution in [3.05, 3.63) is 52.3 Å². The van der Waals surface area contributed by atoms with E-state index in [0.29, 0.717) is 17.8 Å². The standard InChI is InChI=1S/C18H26B3N3O3/c1-26-11-16-15(17(25)27-2)10-24(22-16)8-12-3-4-13-5-6-23(18(19,20)21)9-14(13)7-12/h3-4,7,10H,5-6,8-9,11,19-21H2,1-2H3. The Kier molecular flexibility index (Phi) is 5.82. The fourth-order valence-corrected chi connectivity index (χ4v) is 3.53. The minimum absolute atomic E-state index is 0.167. The topological polar surface area (TPSA) is 56.6 Å². The van der Waals surface area contributed by atoms with Gasteiger partial charge in [-0.2, -0.15) is 5.10 Å². The van der Waals surface area contributed by atoms with Crippen LogP contribution < -0.4 is 0 Å². The third-order valence-electron chi connectivity index (χ3n) is 5.10. The fourth-order valence-electron chi connectivity index (χ4n) is 3.53. The summed E-state index contributed by atoms with van der Waals surface area (Å²) in [6.07, 6.45) is 2.82. The van der Waals surface area contributed by atoms with Gasteiger partial charge in [-0.3, -0.25) is 4.68 Å². The van der Waals surface area contributed by atoms with E-state index >= 15 is 0 Å². The number of esters is 1. The van der Waals surface area contributed by atoms with Crippen LogP contribution in [0.2, 0.25) is 0 Å². The quantitative estimate of drug-likeness (QED) is 0.473. The second-order valence-electron chi connectivity index (χ2n) is 8.06. The highest BCUT2D eigenvalue weighted by molar-refractivity contribution is 6.59. The second kappa shape index (κ2) is 7.94. The maximum Gasteiger partial charge on any atom is 0.341 e. The molecule has 1 aromatic heterocycles. The second-order valence-corrected chi connectivity index (χ2v) is 8.06. The fraction of sp³-hybridized carbons (Fsp3) is 0.444. The van der Waals surface area contributed by atoms with Crippen molar-refractivity contribution in [2.75, 3.05) is 20.8 Å². The van der Waals surface area contributed by atoms with Gasteiger partial charge in [0, 0.05) is 26.4 Å². The van der Waals surface area contributed by atoms with Crippen LogP contribution in [0.1, 0.15) is 32.7 Å². The molecular weight excluding hydrogens is 339 g/mol. The number of rotatable bonds is 6. The minimum atomic E-state index is -0.389. The molecule has 0 atom stereocenters. The number of aromatic nitrogens is 2. The van der Waals surface area contributed by atoms with E-state index in [9.17, 15) is 4.79 Å². The van der Waals surface area contributed by atoms with Crippen LogP contribution in [-0.4, -0.2) is 70.2 Å². The van der Waals surface area contributed by atoms with Crippen molar-refractivity contribution >= 4 is 29.5 Å². The van der Waals surface area contributed by atoms with Crippen molar-refractivity contribution in [2.45, 2.75) is 31.4 Å². The molecule has 0 bridgehead atoms. The van der Waals surface area contributed by atoms with Crippen LogP contribution in [0.25, 0.3) is 0 Å². The molecule has 0 spiro atoms. The lowest BCUT2D eigenvalue weighted by Crippen LogP contribution is -2.52. The van der Waals surface area contributed by atoms with Gasteiger partial charge in [-0.25, -0.2) is 4.79 Å². The van der Waals surface area contributed by atoms with Gasteiger partial charge < -0.3 is 14.4 Å². The lowest BCUT2D eigenvalue weighted by molar-refractivity contribution is 0.0595. The molecule has 6 nitrogen and oxygen atoms in total. The zero-order valence-corrected chi connectivity index (χ0v) is 16.9. The van der Waals surface area contributed by atoms with Crippen LogP contribution >= 0.6 is 0 Å². The smallest absolute Gasteiger partial charge is 0.341 e. The average molecular weight is 365 g/mol. The molecule has 1 aliphatic heterocycles. The minimum Gasteiger partial charge on any atom is -0.465 e. The number of carbonyl (C=O) groups is 1. The zero-order chi connectivity index (χ0) is 19.6. The van der Waals surface area contributed by atoms with Crippen molar-refractivity contribution < 1.29 is 14.3 Å². The first-order chi connectivity index (χ1) is 12.8. The predicted octanol–water partition coefficient (Wildman–Crippen LogP) is -1.27. The van der Waals surface area contributed by atoms with Gasteiger partial charge >= 0.3 is 5.97 Å². The van der Waals surface area contributed by atoms with Gasteiger partial charge in [-0.1, -0.05) is 23.4 Å². The highest BCUT2D eigenvalue weighted by Crippen LogP contribution is 2.23. The van der Waals surface area contributed by atoms with Crippen LogP contribution in [0.4, 0.5) is 0 Å². The van der Waals surface area contributed by atoms with E-state index in [1.165, 1.54) is 23.8 Å². The van der Waals surface area contributed by atoms with E-state index in [1.807, 2.05) is 0 Å². The average Bonchev–Trinajstić information content (AvgIpc) is 3.02. The summed E-state index contributed by atoms with van der Waals surface area (Å²) in [4.78, 5) is 14.5. The molecule has 0 fully saturated rings. The molecule has 0 N–H and O–H groups in total. The van der Waals surface area contributed by atoms with E-state index in [0.717, 1.165) is 19.5 Å². The largest absolute Gasteiger partial charge is 0.465 e. The molecule has 0 saturated carbocycles. The van der Waals surface area contributed by atoms with Crippen LogP contribution in [0.3, 0.4) is 0 Å². The molecule has 27 heavy (non-hydrogen) atoms. The highest BCUT2D eigenvalue weighted by atomic mass is 16.5. The normalized spacial score (nSPS) is 14.7. The van der Waals surface area contributed by atoms with Crippen LogP contribution in [0, 0.1) is 0 Å². The van der Waals surface area contributed by atoms with Gasteiger partial charge in [0.1, 0.15) is 34.8 Å². The predicted molar refractivity (Wildman–Crippen MR) is 112 cm³/mol. The van der Waals surface area contributed by atoms with Crippen molar-refractivity contribution in [2.24, 2.45) is 0 Å². The molecule has 2 heterocycles. The van der Waals surface area contributed by atoms with Crippen LogP contribution in [0.5, 0.6) is 0 Å². The number of fused-ring (bicyclic) bond motifs is 1. The summed E-state index contributed by atoms with van der Waals surface area (Å²) in [5.41, 5.74) is 5.03. The lowest BCUT2D eigenvalue weighted by Gasteiger charge is -2.40. The Bertz CT molecular complexity index is 833. The van der Waals surface area contributed by atoms with E-state index in [2.05, 4.69) is 51.7 Å². The summed E-state index contributed by atoms with van der Waals surface area (Å²) in [5, 5.41) is 4.68. The highest BCUT2D eigenvalue weighted by Gasteiger charge is 2.25. The molecule has 3 rings (SSSR count). The molecule has 0 amide bonds. The summed E-state index contributed by atoms with van der Waals surface area (Å²) < 4.78 is 11.8. The Labute approximate surface area is 163 Å². The molecule has 1 aliphatic rings. The van der Waals surface area contributed by atoms with Crippen molar-refractivity contribution in [3.8, 4) is 0 Å². The van der Waals surface area contributed by atoms with Crippen LogP contribution in [-0.2, 0) is 35.6 Å². The maximum absolute atomic E-state index is 12.0. The van der Waals surface area contributed by atoms with E-state index in [-0.39, 0.29) is 17.8 Å². The molecular formula is C18H26B3N3O3. The van der Waals surface area contributed by atoms with Crippen molar-refractivity contribution in [1.29, 1.82) is 0 Å². The van der Waals surface area contributed by atoms with Gasteiger partial charge in [0.25, 0.3) is 0 Å². The zero-order valence-electron chi connectivity index (χ0n) is 16.9. The Morgan fingerprint density at radius 3 is 2.70 bits per heavy atom. The Hall–Kier alpha value is -1.99. The first-order valence-electron chi connectivity index (χ1n) is 9.31. The summed E-state index contributed by atoms with van der Waals surface area (Å²) in [5.74, 6) is -0.389. The van der Waals surface area contributed by atoms with Crippen molar-refractivity contribution in [1.82, 2.24) is 14.7 Å². The first kappa shape index (κ1) is 19.8. The third-order valence-corrected chi connectivity index (χ3v) is 5.10. The molecule has 140 valence electrons. The first-order valence-corrected chi connectivity index (χ1v) is 9.31. The van der Waals surface area contributed by atoms with Gasteiger partial charge in [-0.15, -0.1) is 0 Å². The van der Waals surface area contributed by atoms with E-state index < -0.39 is 0 Å². The summed E-state index contributed by atoms with van der Waals surface area (Å²) in [7, 11) is 9.75. The number of methoxy groups -OCH3 is 2. The number of nitrogens with zero attached hydrogens (tertiary/aromatic N) is 3. The number of hydrogen-bond donors (Lipinski definition) is 0. The van der Waals surface area contributed by atoms with E-state index in [4.69, 9.17) is 9.47 Å². The SMILES string of the molecule is BC(B)(B)N1CCc2ccc(Cn3cc(C(=O)OC)c(COC)n3)cc2C1. The molecule has 2 aromatic rings. The molecule has 1 aromatic carbocycles. The van der Waals surface area contributed by atoms with E-state index in [1.54, 1.807) is 18.0 Å². The summed E-state index contributed by atoms with van der Waals surface area (Å²) in [6.45, 7) is 2.95. The van der Waals surface area contributed by atoms with Gasteiger partial charge in [0.2, 0.25) is 0 Å². The third kappa shape index (κ3) is 4.47. The Balaban J connectivity index is 1.82. The number of benzene rings is 1. The maximum atomic E-state index is 12.0. The molecule has 9 heteroatoms. The van der Waals surface area contributed by atoms with Crippen LogP contribution in [0.15, 0.2) is 24.4 Å².